The standard InChI is InChI=1S/C55H90O5/c1-3-5-7-9-11-13-15-17-19-21-22-23-24-25-26-27-28-29-30-31-32-34-36-38-40-42-44-46-48-50-55(58)60-53(51-56)52-59-54(57)49-47-45-43-41-39-37-35-33-20-18-16-14-12-10-8-6-4-2/h5-8,11-14,17-20,22-23,25-26,35,37,53,56H,3-4,9-10,15-16,21,24,27-34,36,38-52H2,1-2H3/b7-5-,8-6-,13-11-,14-12-,19-17-,20-18-,23-22-,26-25-,37-35-. The van der Waals surface area contributed by atoms with Gasteiger partial charge in [-0.3, -0.25) is 9.59 Å². The molecule has 0 aromatic rings. The van der Waals surface area contributed by atoms with Gasteiger partial charge in [-0.25, -0.2) is 0 Å². The zero-order valence-electron chi connectivity index (χ0n) is 38.7. The number of carbonyl (C=O) groups excluding carboxylic acids is 2. The molecule has 0 spiro atoms. The van der Waals surface area contributed by atoms with Crippen LogP contribution in [0.25, 0.3) is 0 Å². The highest BCUT2D eigenvalue weighted by molar-refractivity contribution is 5.70. The molecule has 0 aliphatic rings. The summed E-state index contributed by atoms with van der Waals surface area (Å²) in [6.07, 6.45) is 71.7. The van der Waals surface area contributed by atoms with Crippen LogP contribution in [0, 0.1) is 0 Å². The van der Waals surface area contributed by atoms with E-state index in [1.165, 1.54) is 70.6 Å². The van der Waals surface area contributed by atoms with Gasteiger partial charge in [-0.05, 0) is 96.3 Å². The number of rotatable bonds is 43. The number of esters is 2. The molecule has 0 amide bonds. The number of aliphatic hydroxyl groups is 1. The summed E-state index contributed by atoms with van der Waals surface area (Å²) >= 11 is 0. The van der Waals surface area contributed by atoms with Crippen molar-refractivity contribution < 1.29 is 24.2 Å². The average molecular weight is 831 g/mol. The second kappa shape index (κ2) is 49.9. The second-order valence-corrected chi connectivity index (χ2v) is 15.8. The van der Waals surface area contributed by atoms with Crippen molar-refractivity contribution in [2.24, 2.45) is 0 Å². The van der Waals surface area contributed by atoms with Crippen LogP contribution in [0.4, 0.5) is 0 Å². The molecule has 0 aliphatic carbocycles. The highest BCUT2D eigenvalue weighted by Crippen LogP contribution is 2.14. The van der Waals surface area contributed by atoms with Gasteiger partial charge in [-0.2, -0.15) is 0 Å². The Kier molecular flexibility index (Phi) is 47.1. The Labute approximate surface area is 370 Å². The van der Waals surface area contributed by atoms with Crippen LogP contribution in [0.1, 0.15) is 206 Å². The largest absolute Gasteiger partial charge is 0.462 e. The summed E-state index contributed by atoms with van der Waals surface area (Å²) in [7, 11) is 0. The van der Waals surface area contributed by atoms with E-state index in [-0.39, 0.29) is 25.2 Å². The summed E-state index contributed by atoms with van der Waals surface area (Å²) in [4.78, 5) is 24.4. The van der Waals surface area contributed by atoms with E-state index < -0.39 is 6.10 Å². The van der Waals surface area contributed by atoms with E-state index in [9.17, 15) is 14.7 Å². The Morgan fingerprint density at radius 1 is 0.383 bits per heavy atom. The van der Waals surface area contributed by atoms with Gasteiger partial charge in [-0.15, -0.1) is 0 Å². The van der Waals surface area contributed by atoms with Crippen molar-refractivity contribution in [1.29, 1.82) is 0 Å². The van der Waals surface area contributed by atoms with Crippen LogP contribution < -0.4 is 0 Å². The van der Waals surface area contributed by atoms with Crippen molar-refractivity contribution in [2.45, 2.75) is 213 Å². The van der Waals surface area contributed by atoms with Crippen LogP contribution in [0.15, 0.2) is 109 Å². The lowest BCUT2D eigenvalue weighted by molar-refractivity contribution is -0.161. The van der Waals surface area contributed by atoms with Gasteiger partial charge in [-0.1, -0.05) is 207 Å². The lowest BCUT2D eigenvalue weighted by Crippen LogP contribution is -2.28. The van der Waals surface area contributed by atoms with Crippen molar-refractivity contribution >= 4 is 11.9 Å². The first-order valence-electron chi connectivity index (χ1n) is 24.4. The van der Waals surface area contributed by atoms with Crippen molar-refractivity contribution in [3.63, 3.8) is 0 Å². The number of hydrogen-bond donors (Lipinski definition) is 1. The van der Waals surface area contributed by atoms with E-state index in [1.807, 2.05) is 0 Å². The van der Waals surface area contributed by atoms with Gasteiger partial charge in [0.2, 0.25) is 0 Å². The summed E-state index contributed by atoms with van der Waals surface area (Å²) in [6.45, 7) is 3.89. The smallest absolute Gasteiger partial charge is 0.306 e. The fraction of sp³-hybridized carbons (Fsp3) is 0.636. The second-order valence-electron chi connectivity index (χ2n) is 15.8. The minimum Gasteiger partial charge on any atom is -0.462 e. The quantitative estimate of drug-likeness (QED) is 0.0376. The molecule has 0 aromatic carbocycles. The van der Waals surface area contributed by atoms with Gasteiger partial charge < -0.3 is 14.6 Å². The molecule has 0 saturated carbocycles. The molecule has 0 heterocycles. The maximum absolute atomic E-state index is 12.3. The molecule has 0 fully saturated rings. The van der Waals surface area contributed by atoms with Gasteiger partial charge in [0, 0.05) is 12.8 Å². The summed E-state index contributed by atoms with van der Waals surface area (Å²) < 4.78 is 10.6. The van der Waals surface area contributed by atoms with Gasteiger partial charge >= 0.3 is 11.9 Å². The van der Waals surface area contributed by atoms with E-state index in [0.717, 1.165) is 109 Å². The van der Waals surface area contributed by atoms with Crippen LogP contribution in [0.5, 0.6) is 0 Å². The van der Waals surface area contributed by atoms with Crippen molar-refractivity contribution in [1.82, 2.24) is 0 Å². The molecule has 1 N–H and O–H groups in total. The van der Waals surface area contributed by atoms with E-state index in [4.69, 9.17) is 9.47 Å². The predicted octanol–water partition coefficient (Wildman–Crippen LogP) is 16.2. The number of unbranched alkanes of at least 4 members (excludes halogenated alkanes) is 17. The molecule has 0 saturated heterocycles. The average Bonchev–Trinajstić information content (AvgIpc) is 3.25. The molecule has 0 aromatic heterocycles. The number of aliphatic hydroxyl groups excluding tert-OH is 1. The first-order valence-corrected chi connectivity index (χ1v) is 24.4. The number of carbonyl (C=O) groups is 2. The summed E-state index contributed by atoms with van der Waals surface area (Å²) in [6, 6.07) is 0. The van der Waals surface area contributed by atoms with E-state index in [2.05, 4.69) is 123 Å². The third kappa shape index (κ3) is 47.2. The molecule has 340 valence electrons. The lowest BCUT2D eigenvalue weighted by atomic mass is 10.0. The maximum atomic E-state index is 12.3. The third-order valence-corrected chi connectivity index (χ3v) is 10.1. The Morgan fingerprint density at radius 3 is 1.00 bits per heavy atom. The first kappa shape index (κ1) is 56.6. The molecular weight excluding hydrogens is 741 g/mol. The van der Waals surface area contributed by atoms with Crippen molar-refractivity contribution in [3.05, 3.63) is 109 Å². The Balaban J connectivity index is 3.56. The lowest BCUT2D eigenvalue weighted by Gasteiger charge is -2.15. The molecule has 0 aliphatic heterocycles. The first-order chi connectivity index (χ1) is 29.6. The third-order valence-electron chi connectivity index (χ3n) is 10.1. The van der Waals surface area contributed by atoms with Crippen molar-refractivity contribution in [2.75, 3.05) is 13.2 Å². The van der Waals surface area contributed by atoms with Gasteiger partial charge in [0.1, 0.15) is 6.61 Å². The molecule has 5 nitrogen and oxygen atoms in total. The minimum absolute atomic E-state index is 0.0846. The van der Waals surface area contributed by atoms with Gasteiger partial charge in [0.25, 0.3) is 0 Å². The van der Waals surface area contributed by atoms with E-state index in [0.29, 0.717) is 12.8 Å². The van der Waals surface area contributed by atoms with Crippen LogP contribution in [-0.2, 0) is 19.1 Å². The predicted molar refractivity (Wildman–Crippen MR) is 260 cm³/mol. The fourth-order valence-electron chi connectivity index (χ4n) is 6.45. The van der Waals surface area contributed by atoms with Crippen LogP contribution in [0.2, 0.25) is 0 Å². The zero-order valence-corrected chi connectivity index (χ0v) is 38.7. The van der Waals surface area contributed by atoms with Gasteiger partial charge in [0.05, 0.1) is 6.61 Å². The molecule has 0 radical (unpaired) electrons. The maximum Gasteiger partial charge on any atom is 0.306 e. The summed E-state index contributed by atoms with van der Waals surface area (Å²) in [5, 5.41) is 9.61. The zero-order chi connectivity index (χ0) is 43.5. The number of hydrogen-bond acceptors (Lipinski definition) is 5. The molecule has 1 unspecified atom stereocenters. The topological polar surface area (TPSA) is 72.8 Å². The Hall–Kier alpha value is -3.44. The highest BCUT2D eigenvalue weighted by Gasteiger charge is 2.16. The van der Waals surface area contributed by atoms with E-state index >= 15 is 0 Å². The molecule has 0 bridgehead atoms. The molecule has 60 heavy (non-hydrogen) atoms. The highest BCUT2D eigenvalue weighted by atomic mass is 16.6. The Morgan fingerprint density at radius 2 is 0.667 bits per heavy atom. The fourth-order valence-corrected chi connectivity index (χ4v) is 6.45. The van der Waals surface area contributed by atoms with Crippen LogP contribution >= 0.6 is 0 Å². The van der Waals surface area contributed by atoms with Crippen LogP contribution in [0.3, 0.4) is 0 Å². The Bertz CT molecular complexity index is 1210. The summed E-state index contributed by atoms with van der Waals surface area (Å²) in [5.41, 5.74) is 0. The number of ether oxygens (including phenoxy) is 2. The number of allylic oxidation sites excluding steroid dienone is 18. The van der Waals surface area contributed by atoms with Gasteiger partial charge in [0.15, 0.2) is 6.10 Å². The van der Waals surface area contributed by atoms with Crippen LogP contribution in [-0.4, -0.2) is 36.4 Å². The molecular formula is C55H90O5. The molecule has 5 heteroatoms. The normalized spacial score (nSPS) is 13.2. The SMILES string of the molecule is CC/C=C\C/C=C\C/C=C\C/C=C\C/C=C\CCCCCCCCCCCCCCCC(=O)OC(CO)COC(=O)CCCCCC/C=C\C/C=C\C/C=C\C/C=C\CC. The monoisotopic (exact) mass is 831 g/mol. The van der Waals surface area contributed by atoms with Crippen molar-refractivity contribution in [3.8, 4) is 0 Å². The summed E-state index contributed by atoms with van der Waals surface area (Å²) in [5.74, 6) is -0.625. The molecule has 1 atom stereocenters. The van der Waals surface area contributed by atoms with E-state index in [1.54, 1.807) is 0 Å². The minimum atomic E-state index is -0.790. The molecule has 0 rings (SSSR count).